The van der Waals surface area contributed by atoms with Crippen LogP contribution in [0, 0.1) is 23.2 Å². The predicted octanol–water partition coefficient (Wildman–Crippen LogP) is 8.69. The molecule has 3 fully saturated rings. The number of rotatable bonds is 21. The van der Waals surface area contributed by atoms with Crippen LogP contribution in [-0.2, 0) is 48.0 Å². The summed E-state index contributed by atoms with van der Waals surface area (Å²) in [5.41, 5.74) is 14.7. The molecule has 412 valence electrons. The number of aromatic nitrogens is 2. The number of benzene rings is 2. The number of anilines is 1. The fourth-order valence-electron chi connectivity index (χ4n) is 11.2. The Balaban J connectivity index is 0.000000834. The van der Waals surface area contributed by atoms with E-state index in [1.165, 1.54) is 38.5 Å². The fourth-order valence-corrected chi connectivity index (χ4v) is 11.2. The van der Waals surface area contributed by atoms with Crippen LogP contribution in [0.2, 0.25) is 0 Å². The number of piperidine rings is 1. The van der Waals surface area contributed by atoms with Gasteiger partial charge in [0.2, 0.25) is 5.91 Å². The molecule has 2 bridgehead atoms. The van der Waals surface area contributed by atoms with Crippen LogP contribution in [0.4, 0.5) is 5.69 Å². The lowest BCUT2D eigenvalue weighted by Gasteiger charge is -2.36. The minimum absolute atomic E-state index is 0.0265. The number of carbonyl (C=O) groups is 3. The van der Waals surface area contributed by atoms with E-state index in [2.05, 4.69) is 107 Å². The molecule has 4 aliphatic rings. The first-order valence-electron chi connectivity index (χ1n) is 28.3. The van der Waals surface area contributed by atoms with E-state index in [1.54, 1.807) is 7.11 Å². The lowest BCUT2D eigenvalue weighted by atomic mass is 9.84. The molecule has 4 N–H and O–H groups in total. The molecule has 2 aromatic carbocycles. The fraction of sp³-hybridized carbons (Fsp3) is 0.633. The molecule has 8 rings (SSSR count). The first-order valence-corrected chi connectivity index (χ1v) is 28.3. The lowest BCUT2D eigenvalue weighted by Crippen LogP contribution is -2.47. The Morgan fingerprint density at radius 3 is 2.37 bits per heavy atom. The third-order valence-electron chi connectivity index (χ3n) is 15.9. The van der Waals surface area contributed by atoms with Crippen molar-refractivity contribution in [3.63, 3.8) is 0 Å². The van der Waals surface area contributed by atoms with Gasteiger partial charge in [-0.1, -0.05) is 66.0 Å². The first kappa shape index (κ1) is 57.8. The molecule has 3 unspecified atom stereocenters. The van der Waals surface area contributed by atoms with Gasteiger partial charge >= 0.3 is 0 Å². The normalized spacial score (nSPS) is 20.7. The van der Waals surface area contributed by atoms with Gasteiger partial charge < -0.3 is 43.8 Å². The second-order valence-corrected chi connectivity index (χ2v) is 22.5. The summed E-state index contributed by atoms with van der Waals surface area (Å²) in [6.45, 7) is 23.9. The number of ether oxygens (including phenoxy) is 4. The number of pyridine rings is 1. The summed E-state index contributed by atoms with van der Waals surface area (Å²) < 4.78 is 27.2. The van der Waals surface area contributed by atoms with E-state index in [0.717, 1.165) is 127 Å². The standard InChI is InChI=1S/C53H72N6O7.C7H18N2/c1-8-59-48-12-9-38(39-21-36-22-40(29-60)56-52(62)47(34(2)3)30-66-49(31-65-43(23-36)24-39)37-13-15-54-16-14-37)25-44(48)46(27-53(5,6)32-64-33-61)51(59)45-26-42(28-55-50(45)35(4)63-7)58-19-17-57(18-20-58)41-10-11-41;1-3-4-5-6-7-9-8-2/h9,12,21,23-26,28-29,33-35,37,40-41,47,49,54H,8,10-11,13-20,22,27,30-32H2,1-7H3,(H,56,62);8-9H,3-7H2,1-2H3/t35?,40?,47-,49?;/m0./s1. The van der Waals surface area contributed by atoms with Crippen LogP contribution in [-0.4, -0.2) is 131 Å². The molecule has 3 aliphatic heterocycles. The Labute approximate surface area is 447 Å². The Morgan fingerprint density at radius 1 is 0.933 bits per heavy atom. The summed E-state index contributed by atoms with van der Waals surface area (Å²) in [5.74, 6) is 0.440. The predicted molar refractivity (Wildman–Crippen MR) is 300 cm³/mol. The zero-order chi connectivity index (χ0) is 53.5. The molecule has 1 saturated carbocycles. The number of aryl methyl sites for hydroxylation is 1. The van der Waals surface area contributed by atoms with E-state index >= 15 is 0 Å². The molecule has 5 heterocycles. The lowest BCUT2D eigenvalue weighted by molar-refractivity contribution is -0.133. The van der Waals surface area contributed by atoms with Gasteiger partial charge in [-0.3, -0.25) is 30.3 Å². The maximum atomic E-state index is 13.8. The average molecular weight is 1040 g/mol. The molecular formula is C60H90N8O7. The summed E-state index contributed by atoms with van der Waals surface area (Å²) in [6, 6.07) is 15.2. The van der Waals surface area contributed by atoms with E-state index < -0.39 is 17.4 Å². The number of aldehydes is 1. The molecule has 4 atom stereocenters. The molecule has 75 heavy (non-hydrogen) atoms. The van der Waals surface area contributed by atoms with Crippen LogP contribution < -0.4 is 31.1 Å². The second kappa shape index (κ2) is 27.9. The summed E-state index contributed by atoms with van der Waals surface area (Å²) in [5, 5.41) is 7.62. The van der Waals surface area contributed by atoms with Gasteiger partial charge in [0.25, 0.3) is 6.47 Å². The minimum atomic E-state index is -0.719. The van der Waals surface area contributed by atoms with E-state index in [0.29, 0.717) is 38.2 Å². The summed E-state index contributed by atoms with van der Waals surface area (Å²) >= 11 is 0. The van der Waals surface area contributed by atoms with E-state index in [9.17, 15) is 14.4 Å². The van der Waals surface area contributed by atoms with Gasteiger partial charge in [-0.25, -0.2) is 0 Å². The van der Waals surface area contributed by atoms with Crippen molar-refractivity contribution in [1.29, 1.82) is 0 Å². The third kappa shape index (κ3) is 15.4. The van der Waals surface area contributed by atoms with Gasteiger partial charge in [-0.05, 0) is 143 Å². The van der Waals surface area contributed by atoms with Gasteiger partial charge in [0, 0.05) is 74.3 Å². The topological polar surface area (TPSA) is 161 Å². The number of nitrogens with one attached hydrogen (secondary N) is 4. The maximum Gasteiger partial charge on any atom is 0.293 e. The van der Waals surface area contributed by atoms with Crippen LogP contribution in [0.1, 0.15) is 123 Å². The Morgan fingerprint density at radius 2 is 1.71 bits per heavy atom. The van der Waals surface area contributed by atoms with Gasteiger partial charge in [0.1, 0.15) is 18.6 Å². The zero-order valence-corrected chi connectivity index (χ0v) is 46.8. The van der Waals surface area contributed by atoms with Crippen molar-refractivity contribution < 1.29 is 33.3 Å². The highest BCUT2D eigenvalue weighted by molar-refractivity contribution is 5.96. The van der Waals surface area contributed by atoms with Crippen molar-refractivity contribution in [2.24, 2.45) is 23.2 Å². The van der Waals surface area contributed by atoms with E-state index in [4.69, 9.17) is 23.9 Å². The first-order chi connectivity index (χ1) is 36.3. The maximum absolute atomic E-state index is 13.8. The van der Waals surface area contributed by atoms with Crippen LogP contribution >= 0.6 is 0 Å². The highest BCUT2D eigenvalue weighted by atomic mass is 16.5. The second-order valence-electron chi connectivity index (χ2n) is 22.5. The highest BCUT2D eigenvalue weighted by Gasteiger charge is 2.34. The van der Waals surface area contributed by atoms with Crippen LogP contribution in [0.5, 0.6) is 5.75 Å². The smallest absolute Gasteiger partial charge is 0.293 e. The molecule has 15 nitrogen and oxygen atoms in total. The number of piperazine rings is 1. The Bertz CT molecular complexity index is 2450. The van der Waals surface area contributed by atoms with Crippen LogP contribution in [0.3, 0.4) is 0 Å². The van der Waals surface area contributed by atoms with Crippen molar-refractivity contribution >= 4 is 35.3 Å². The van der Waals surface area contributed by atoms with Gasteiger partial charge in [-0.2, -0.15) is 0 Å². The van der Waals surface area contributed by atoms with Crippen molar-refractivity contribution in [3.8, 4) is 28.1 Å². The molecule has 1 amide bonds. The molecule has 4 aromatic rings. The van der Waals surface area contributed by atoms with Crippen molar-refractivity contribution in [2.45, 2.75) is 144 Å². The molecule has 1 aliphatic carbocycles. The molecule has 15 heteroatoms. The average Bonchev–Trinajstić information content (AvgIpc) is 4.24. The number of amides is 1. The molecule has 0 spiro atoms. The molecule has 0 radical (unpaired) electrons. The number of hydrogen-bond donors (Lipinski definition) is 4. The summed E-state index contributed by atoms with van der Waals surface area (Å²) in [6.07, 6.45) is 13.2. The zero-order valence-electron chi connectivity index (χ0n) is 46.8. The van der Waals surface area contributed by atoms with Gasteiger partial charge in [0.15, 0.2) is 0 Å². The van der Waals surface area contributed by atoms with Gasteiger partial charge in [-0.15, -0.1) is 0 Å². The monoisotopic (exact) mass is 1030 g/mol. The third-order valence-corrected chi connectivity index (χ3v) is 15.9. The number of hydrogen-bond acceptors (Lipinski definition) is 13. The number of methoxy groups -OCH3 is 1. The van der Waals surface area contributed by atoms with Gasteiger partial charge in [0.05, 0.1) is 60.7 Å². The minimum Gasteiger partial charge on any atom is -0.491 e. The van der Waals surface area contributed by atoms with Crippen LogP contribution in [0.25, 0.3) is 33.3 Å². The molecular weight excluding hydrogens is 945 g/mol. The van der Waals surface area contributed by atoms with Crippen molar-refractivity contribution in [3.05, 3.63) is 65.5 Å². The van der Waals surface area contributed by atoms with Crippen molar-refractivity contribution in [1.82, 2.24) is 35.9 Å². The molecule has 2 aromatic heterocycles. The van der Waals surface area contributed by atoms with E-state index in [1.807, 2.05) is 33.2 Å². The SMILES string of the molecule is CCCCCCNNC.CCn1c(-c2cc(N3CCN(C4CC4)CC3)cnc2C(C)OC)c(CC(C)(C)COC=O)c2cc(-c3cc4cc(c3)OCC(C3CCNCC3)OC[C@@H](C(C)C)C(=O)NC(C=O)C4)ccc21. The largest absolute Gasteiger partial charge is 0.491 e. The number of unbranched alkanes of at least 4 members (excludes halogenated alkanes) is 3. The highest BCUT2D eigenvalue weighted by Crippen LogP contribution is 2.43. The van der Waals surface area contributed by atoms with Crippen molar-refractivity contribution in [2.75, 3.05) is 84.7 Å². The van der Waals surface area contributed by atoms with E-state index in [-0.39, 0.29) is 43.2 Å². The number of carbonyl (C=O) groups excluding carboxylic acids is 3. The summed E-state index contributed by atoms with van der Waals surface area (Å²) in [4.78, 5) is 48.2. The quantitative estimate of drug-likeness (QED) is 0.0357. The number of hydrazine groups is 1. The number of nitrogens with zero attached hydrogens (tertiary/aromatic N) is 4. The Hall–Kier alpha value is -4.90. The number of fused-ring (bicyclic) bond motifs is 3. The van der Waals surface area contributed by atoms with Crippen LogP contribution in [0.15, 0.2) is 48.7 Å². The molecule has 2 saturated heterocycles. The summed E-state index contributed by atoms with van der Waals surface area (Å²) in [7, 11) is 3.64. The Kier molecular flexibility index (Phi) is 21.5.